The monoisotopic (exact) mass is 221 g/mol. The molecular weight excluding hydrogens is 206 g/mol. The van der Waals surface area contributed by atoms with Gasteiger partial charge in [0.1, 0.15) is 0 Å². The van der Waals surface area contributed by atoms with Crippen LogP contribution in [0.3, 0.4) is 0 Å². The molecule has 0 fully saturated rings. The van der Waals surface area contributed by atoms with Gasteiger partial charge in [-0.2, -0.15) is 0 Å². The molecule has 0 atom stereocenters. The van der Waals surface area contributed by atoms with Crippen molar-refractivity contribution in [2.45, 2.75) is 19.8 Å². The summed E-state index contributed by atoms with van der Waals surface area (Å²) in [5.41, 5.74) is 1.09. The van der Waals surface area contributed by atoms with Crippen LogP contribution in [0.5, 0.6) is 11.5 Å². The maximum atomic E-state index is 11.3. The Morgan fingerprint density at radius 2 is 2.19 bits per heavy atom. The van der Waals surface area contributed by atoms with Crippen molar-refractivity contribution in [1.82, 2.24) is 5.32 Å². The smallest absolute Gasteiger partial charge is 0.231 e. The van der Waals surface area contributed by atoms with Crippen molar-refractivity contribution in [3.8, 4) is 11.5 Å². The van der Waals surface area contributed by atoms with Gasteiger partial charge in [0.15, 0.2) is 11.5 Å². The highest BCUT2D eigenvalue weighted by Gasteiger charge is 2.13. The van der Waals surface area contributed by atoms with E-state index in [0.717, 1.165) is 23.5 Å². The van der Waals surface area contributed by atoms with Crippen molar-refractivity contribution in [3.63, 3.8) is 0 Å². The maximum Gasteiger partial charge on any atom is 0.231 e. The summed E-state index contributed by atoms with van der Waals surface area (Å²) in [6.07, 6.45) is 1.23. The quantitative estimate of drug-likeness (QED) is 0.837. The zero-order valence-electron chi connectivity index (χ0n) is 9.29. The summed E-state index contributed by atoms with van der Waals surface area (Å²) in [7, 11) is 0. The Balaban J connectivity index is 1.93. The van der Waals surface area contributed by atoms with Gasteiger partial charge >= 0.3 is 0 Å². The lowest BCUT2D eigenvalue weighted by Crippen LogP contribution is -2.22. The molecule has 86 valence electrons. The van der Waals surface area contributed by atoms with Crippen LogP contribution < -0.4 is 14.8 Å². The van der Waals surface area contributed by atoms with Gasteiger partial charge in [-0.1, -0.05) is 6.07 Å². The molecule has 0 saturated heterocycles. The lowest BCUT2D eigenvalue weighted by Gasteiger charge is -2.03. The van der Waals surface area contributed by atoms with Crippen LogP contribution in [0.2, 0.25) is 0 Å². The predicted molar refractivity (Wildman–Crippen MR) is 59.6 cm³/mol. The summed E-state index contributed by atoms with van der Waals surface area (Å²) in [6.45, 7) is 2.88. The number of ether oxygens (including phenoxy) is 2. The molecular formula is C12H15NO3. The first-order valence-electron chi connectivity index (χ1n) is 5.45. The number of hydrogen-bond acceptors (Lipinski definition) is 3. The Kier molecular flexibility index (Phi) is 3.29. The third kappa shape index (κ3) is 2.45. The number of benzene rings is 1. The molecule has 4 nitrogen and oxygen atoms in total. The number of amides is 1. The first-order chi connectivity index (χ1) is 7.79. The Morgan fingerprint density at radius 1 is 1.38 bits per heavy atom. The molecule has 4 heteroatoms. The van der Waals surface area contributed by atoms with Crippen molar-refractivity contribution in [1.29, 1.82) is 0 Å². The molecule has 2 rings (SSSR count). The first kappa shape index (κ1) is 10.8. The van der Waals surface area contributed by atoms with Crippen molar-refractivity contribution in [2.75, 3.05) is 13.3 Å². The van der Waals surface area contributed by atoms with Crippen LogP contribution in [0.1, 0.15) is 18.9 Å². The van der Waals surface area contributed by atoms with Gasteiger partial charge in [0, 0.05) is 13.0 Å². The molecule has 0 radical (unpaired) electrons. The number of aryl methyl sites for hydroxylation is 1. The largest absolute Gasteiger partial charge is 0.454 e. The van der Waals surface area contributed by atoms with E-state index in [4.69, 9.17) is 9.47 Å². The molecule has 1 heterocycles. The van der Waals surface area contributed by atoms with Crippen molar-refractivity contribution in [3.05, 3.63) is 23.8 Å². The summed E-state index contributed by atoms with van der Waals surface area (Å²) < 4.78 is 10.5. The Morgan fingerprint density at radius 3 is 3.00 bits per heavy atom. The minimum absolute atomic E-state index is 0.0835. The highest BCUT2D eigenvalue weighted by Crippen LogP contribution is 2.32. The van der Waals surface area contributed by atoms with Gasteiger partial charge in [-0.25, -0.2) is 0 Å². The van der Waals surface area contributed by atoms with E-state index in [0.29, 0.717) is 13.0 Å². The minimum atomic E-state index is 0.0835. The molecule has 0 bridgehead atoms. The van der Waals surface area contributed by atoms with Crippen LogP contribution in [0.25, 0.3) is 0 Å². The summed E-state index contributed by atoms with van der Waals surface area (Å²) >= 11 is 0. The van der Waals surface area contributed by atoms with E-state index in [1.807, 2.05) is 25.1 Å². The van der Waals surface area contributed by atoms with Crippen molar-refractivity contribution < 1.29 is 14.3 Å². The number of carbonyl (C=O) groups excluding carboxylic acids is 1. The van der Waals surface area contributed by atoms with Crippen LogP contribution in [0.4, 0.5) is 0 Å². The normalized spacial score (nSPS) is 12.6. The third-order valence-corrected chi connectivity index (χ3v) is 2.45. The van der Waals surface area contributed by atoms with E-state index < -0.39 is 0 Å². The molecule has 1 aromatic rings. The van der Waals surface area contributed by atoms with E-state index in [1.165, 1.54) is 0 Å². The predicted octanol–water partition coefficient (Wildman–Crippen LogP) is 1.48. The van der Waals surface area contributed by atoms with Gasteiger partial charge in [-0.05, 0) is 31.0 Å². The molecule has 0 aromatic heterocycles. The van der Waals surface area contributed by atoms with Crippen LogP contribution in [-0.4, -0.2) is 19.2 Å². The summed E-state index contributed by atoms with van der Waals surface area (Å²) in [6, 6.07) is 5.78. The van der Waals surface area contributed by atoms with Gasteiger partial charge in [0.05, 0.1) is 0 Å². The average molecular weight is 221 g/mol. The lowest BCUT2D eigenvalue weighted by atomic mass is 10.1. The van der Waals surface area contributed by atoms with Crippen molar-refractivity contribution >= 4 is 5.91 Å². The molecule has 0 aliphatic carbocycles. The molecule has 16 heavy (non-hydrogen) atoms. The van der Waals surface area contributed by atoms with E-state index in [9.17, 15) is 4.79 Å². The topological polar surface area (TPSA) is 47.6 Å². The highest BCUT2D eigenvalue weighted by atomic mass is 16.7. The highest BCUT2D eigenvalue weighted by molar-refractivity contribution is 5.76. The second kappa shape index (κ2) is 4.88. The maximum absolute atomic E-state index is 11.3. The second-order valence-electron chi connectivity index (χ2n) is 3.64. The van der Waals surface area contributed by atoms with Gasteiger partial charge in [-0.3, -0.25) is 4.79 Å². The summed E-state index contributed by atoms with van der Waals surface area (Å²) in [5.74, 6) is 1.63. The third-order valence-electron chi connectivity index (χ3n) is 2.45. The van der Waals surface area contributed by atoms with Gasteiger partial charge in [0.2, 0.25) is 12.7 Å². The fourth-order valence-electron chi connectivity index (χ4n) is 1.64. The number of rotatable bonds is 4. The van der Waals surface area contributed by atoms with Crippen molar-refractivity contribution in [2.24, 2.45) is 0 Å². The van der Waals surface area contributed by atoms with Crippen LogP contribution in [0, 0.1) is 0 Å². The number of fused-ring (bicyclic) bond motifs is 1. The standard InChI is InChI=1S/C12H15NO3/c1-2-13-12(14)6-4-9-3-5-10-11(7-9)16-8-15-10/h3,5,7H,2,4,6,8H2,1H3,(H,13,14). The average Bonchev–Trinajstić information content (AvgIpc) is 2.74. The number of nitrogens with one attached hydrogen (secondary N) is 1. The molecule has 0 unspecified atom stereocenters. The van der Waals surface area contributed by atoms with Crippen LogP contribution in [-0.2, 0) is 11.2 Å². The van der Waals surface area contributed by atoms with E-state index in [1.54, 1.807) is 0 Å². The van der Waals surface area contributed by atoms with E-state index in [2.05, 4.69) is 5.32 Å². The van der Waals surface area contributed by atoms with E-state index >= 15 is 0 Å². The van der Waals surface area contributed by atoms with Gasteiger partial charge < -0.3 is 14.8 Å². The minimum Gasteiger partial charge on any atom is -0.454 e. The first-order valence-corrected chi connectivity index (χ1v) is 5.45. The molecule has 1 N–H and O–H groups in total. The Hall–Kier alpha value is -1.71. The van der Waals surface area contributed by atoms with Crippen LogP contribution >= 0.6 is 0 Å². The fourth-order valence-corrected chi connectivity index (χ4v) is 1.64. The van der Waals surface area contributed by atoms with E-state index in [-0.39, 0.29) is 12.7 Å². The molecule has 0 saturated carbocycles. The van der Waals surface area contributed by atoms with Crippen LogP contribution in [0.15, 0.2) is 18.2 Å². The molecule has 1 aliphatic rings. The van der Waals surface area contributed by atoms with Gasteiger partial charge in [0.25, 0.3) is 0 Å². The molecule has 1 amide bonds. The SMILES string of the molecule is CCNC(=O)CCc1ccc2c(c1)OCO2. The molecule has 1 aliphatic heterocycles. The Labute approximate surface area is 94.6 Å². The summed E-state index contributed by atoms with van der Waals surface area (Å²) in [4.78, 5) is 11.3. The zero-order valence-corrected chi connectivity index (χ0v) is 9.29. The van der Waals surface area contributed by atoms with Gasteiger partial charge in [-0.15, -0.1) is 0 Å². The number of hydrogen-bond donors (Lipinski definition) is 1. The zero-order chi connectivity index (χ0) is 11.4. The Bertz CT molecular complexity index is 390. The second-order valence-corrected chi connectivity index (χ2v) is 3.64. The molecule has 0 spiro atoms. The fraction of sp³-hybridized carbons (Fsp3) is 0.417. The lowest BCUT2D eigenvalue weighted by molar-refractivity contribution is -0.120. The summed E-state index contributed by atoms with van der Waals surface area (Å²) in [5, 5.41) is 2.77. The number of carbonyl (C=O) groups is 1. The molecule has 1 aromatic carbocycles.